The summed E-state index contributed by atoms with van der Waals surface area (Å²) >= 11 is 0. The second-order valence-electron chi connectivity index (χ2n) is 6.43. The van der Waals surface area contributed by atoms with Gasteiger partial charge in [0.2, 0.25) is 11.7 Å². The number of H-pyrrole nitrogens is 1. The van der Waals surface area contributed by atoms with Crippen LogP contribution < -0.4 is 5.56 Å². The highest BCUT2D eigenvalue weighted by atomic mass is 19.4. The van der Waals surface area contributed by atoms with Crippen LogP contribution in [0, 0.1) is 0 Å². The van der Waals surface area contributed by atoms with Gasteiger partial charge in [0.15, 0.2) is 5.82 Å². The lowest BCUT2D eigenvalue weighted by Crippen LogP contribution is -2.39. The Morgan fingerprint density at radius 2 is 1.96 bits per heavy atom. The van der Waals surface area contributed by atoms with Crippen LogP contribution in [0.3, 0.4) is 0 Å². The number of aromatic amines is 1. The number of halogens is 3. The Hall–Kier alpha value is -3.24. The van der Waals surface area contributed by atoms with E-state index >= 15 is 0 Å². The Morgan fingerprint density at radius 1 is 1.18 bits per heavy atom. The number of para-hydroxylation sites is 1. The number of nitrogens with one attached hydrogen (secondary N) is 1. The predicted octanol–water partition coefficient (Wildman–Crippen LogP) is 1.51. The molecule has 0 bridgehead atoms. The van der Waals surface area contributed by atoms with Gasteiger partial charge >= 0.3 is 6.18 Å². The SMILES string of the molecule is O=C(CCc1nc2ccccc2c(=O)[nH]1)N1CCn2c(nnc2C(F)(F)F)C1. The molecule has 28 heavy (non-hydrogen) atoms. The van der Waals surface area contributed by atoms with Crippen molar-refractivity contribution in [2.45, 2.75) is 32.1 Å². The minimum Gasteiger partial charge on any atom is -0.333 e. The number of nitrogens with zero attached hydrogens (tertiary/aromatic N) is 5. The number of carbonyl (C=O) groups excluding carboxylic acids is 1. The van der Waals surface area contributed by atoms with Crippen LogP contribution in [-0.4, -0.2) is 42.1 Å². The van der Waals surface area contributed by atoms with E-state index in [0.29, 0.717) is 16.7 Å². The molecule has 3 heterocycles. The van der Waals surface area contributed by atoms with Gasteiger partial charge in [0.05, 0.1) is 17.4 Å². The van der Waals surface area contributed by atoms with Crippen LogP contribution in [0.5, 0.6) is 0 Å². The molecule has 8 nitrogen and oxygen atoms in total. The fourth-order valence-corrected chi connectivity index (χ4v) is 3.22. The van der Waals surface area contributed by atoms with E-state index in [0.717, 1.165) is 4.57 Å². The van der Waals surface area contributed by atoms with Crippen LogP contribution in [0.4, 0.5) is 13.2 Å². The molecule has 1 amide bonds. The van der Waals surface area contributed by atoms with Gasteiger partial charge in [-0.15, -0.1) is 10.2 Å². The van der Waals surface area contributed by atoms with Crippen molar-refractivity contribution in [2.24, 2.45) is 0 Å². The summed E-state index contributed by atoms with van der Waals surface area (Å²) in [4.78, 5) is 33.0. The Bertz CT molecular complexity index is 1100. The lowest BCUT2D eigenvalue weighted by Gasteiger charge is -2.28. The van der Waals surface area contributed by atoms with Crippen molar-refractivity contribution in [2.75, 3.05) is 6.54 Å². The smallest absolute Gasteiger partial charge is 0.333 e. The standard InChI is InChI=1S/C17H15F3N6O2/c18-17(19,20)16-24-23-13-9-25(7-8-26(13)16)14(27)6-5-12-21-11-4-2-1-3-10(11)15(28)22-12/h1-4H,5-9H2,(H,21,22,28). The van der Waals surface area contributed by atoms with Gasteiger partial charge in [0.1, 0.15) is 5.82 Å². The van der Waals surface area contributed by atoms with Crippen LogP contribution in [0.1, 0.15) is 23.9 Å². The Balaban J connectivity index is 1.44. The van der Waals surface area contributed by atoms with E-state index in [9.17, 15) is 22.8 Å². The molecule has 11 heteroatoms. The Morgan fingerprint density at radius 3 is 2.75 bits per heavy atom. The number of carbonyl (C=O) groups is 1. The van der Waals surface area contributed by atoms with Crippen LogP contribution in [0.15, 0.2) is 29.1 Å². The summed E-state index contributed by atoms with van der Waals surface area (Å²) in [6, 6.07) is 6.88. The van der Waals surface area contributed by atoms with Crippen LogP contribution in [0.2, 0.25) is 0 Å². The number of fused-ring (bicyclic) bond motifs is 2. The molecule has 0 spiro atoms. The molecule has 146 valence electrons. The number of hydrogen-bond donors (Lipinski definition) is 1. The molecule has 1 aliphatic heterocycles. The van der Waals surface area contributed by atoms with E-state index in [1.807, 2.05) is 0 Å². The number of rotatable bonds is 3. The summed E-state index contributed by atoms with van der Waals surface area (Å²) in [6.45, 7) is 0.0756. The van der Waals surface area contributed by atoms with E-state index in [2.05, 4.69) is 20.2 Å². The minimum atomic E-state index is -4.58. The summed E-state index contributed by atoms with van der Waals surface area (Å²) in [6.07, 6.45) is -4.29. The molecule has 0 saturated carbocycles. The van der Waals surface area contributed by atoms with Crippen molar-refractivity contribution in [3.63, 3.8) is 0 Å². The van der Waals surface area contributed by atoms with Crippen molar-refractivity contribution in [1.29, 1.82) is 0 Å². The van der Waals surface area contributed by atoms with Gasteiger partial charge in [-0.05, 0) is 12.1 Å². The predicted molar refractivity (Wildman–Crippen MR) is 91.1 cm³/mol. The number of aryl methyl sites for hydroxylation is 1. The van der Waals surface area contributed by atoms with Gasteiger partial charge in [-0.1, -0.05) is 12.1 Å². The highest BCUT2D eigenvalue weighted by Crippen LogP contribution is 2.29. The number of benzene rings is 1. The van der Waals surface area contributed by atoms with Crippen molar-refractivity contribution in [1.82, 2.24) is 29.6 Å². The summed E-state index contributed by atoms with van der Waals surface area (Å²) in [7, 11) is 0. The molecule has 0 unspecified atom stereocenters. The molecule has 0 radical (unpaired) electrons. The largest absolute Gasteiger partial charge is 0.451 e. The third kappa shape index (κ3) is 3.35. The molecule has 0 fully saturated rings. The van der Waals surface area contributed by atoms with Crippen LogP contribution >= 0.6 is 0 Å². The molecule has 1 N–H and O–H groups in total. The molecule has 1 aromatic carbocycles. The lowest BCUT2D eigenvalue weighted by atomic mass is 10.2. The number of hydrogen-bond acceptors (Lipinski definition) is 5. The maximum Gasteiger partial charge on any atom is 0.451 e. The molecular formula is C17H15F3N6O2. The number of alkyl halides is 3. The first-order valence-electron chi connectivity index (χ1n) is 8.58. The zero-order valence-corrected chi connectivity index (χ0v) is 14.5. The van der Waals surface area contributed by atoms with Gasteiger partial charge in [-0.3, -0.25) is 9.59 Å². The fraction of sp³-hybridized carbons (Fsp3) is 0.353. The van der Waals surface area contributed by atoms with E-state index in [-0.39, 0.29) is 49.8 Å². The summed E-state index contributed by atoms with van der Waals surface area (Å²) in [5.41, 5.74) is 0.262. The third-order valence-electron chi connectivity index (χ3n) is 4.60. The van der Waals surface area contributed by atoms with Crippen LogP contribution in [-0.2, 0) is 30.5 Å². The van der Waals surface area contributed by atoms with Gasteiger partial charge in [-0.25, -0.2) is 4.98 Å². The summed E-state index contributed by atoms with van der Waals surface area (Å²) < 4.78 is 39.6. The molecule has 0 atom stereocenters. The van der Waals surface area contributed by atoms with E-state index < -0.39 is 12.0 Å². The Labute approximate surface area is 156 Å². The van der Waals surface area contributed by atoms with Gasteiger partial charge < -0.3 is 14.5 Å². The number of amides is 1. The maximum atomic E-state index is 12.9. The molecule has 0 aliphatic carbocycles. The fourth-order valence-electron chi connectivity index (χ4n) is 3.22. The summed E-state index contributed by atoms with van der Waals surface area (Å²) in [5.74, 6) is -0.813. The molecule has 2 aromatic heterocycles. The molecular weight excluding hydrogens is 377 g/mol. The molecule has 3 aromatic rings. The lowest BCUT2D eigenvalue weighted by molar-refractivity contribution is -0.148. The van der Waals surface area contributed by atoms with Crippen LogP contribution in [0.25, 0.3) is 10.9 Å². The molecule has 0 saturated heterocycles. The minimum absolute atomic E-state index is 0.0199. The first-order chi connectivity index (χ1) is 13.3. The highest BCUT2D eigenvalue weighted by Gasteiger charge is 2.39. The van der Waals surface area contributed by atoms with E-state index in [1.165, 1.54) is 4.90 Å². The summed E-state index contributed by atoms with van der Waals surface area (Å²) in [5, 5.41) is 7.22. The van der Waals surface area contributed by atoms with Gasteiger partial charge in [0.25, 0.3) is 5.56 Å². The average Bonchev–Trinajstić information content (AvgIpc) is 3.10. The quantitative estimate of drug-likeness (QED) is 0.729. The van der Waals surface area contributed by atoms with E-state index in [1.54, 1.807) is 24.3 Å². The van der Waals surface area contributed by atoms with E-state index in [4.69, 9.17) is 0 Å². The second-order valence-corrected chi connectivity index (χ2v) is 6.43. The van der Waals surface area contributed by atoms with Crippen molar-refractivity contribution < 1.29 is 18.0 Å². The first-order valence-corrected chi connectivity index (χ1v) is 8.58. The zero-order valence-electron chi connectivity index (χ0n) is 14.5. The number of aromatic nitrogens is 5. The zero-order chi connectivity index (χ0) is 19.9. The normalized spacial score (nSPS) is 14.3. The highest BCUT2D eigenvalue weighted by molar-refractivity contribution is 5.78. The molecule has 4 rings (SSSR count). The monoisotopic (exact) mass is 392 g/mol. The second kappa shape index (κ2) is 6.73. The van der Waals surface area contributed by atoms with Gasteiger partial charge in [-0.2, -0.15) is 13.2 Å². The topological polar surface area (TPSA) is 96.8 Å². The Kier molecular flexibility index (Phi) is 4.36. The van der Waals surface area contributed by atoms with Gasteiger partial charge in [0, 0.05) is 25.9 Å². The van der Waals surface area contributed by atoms with Crippen molar-refractivity contribution in [3.8, 4) is 0 Å². The van der Waals surface area contributed by atoms with Crippen molar-refractivity contribution >= 4 is 16.8 Å². The molecule has 1 aliphatic rings. The van der Waals surface area contributed by atoms with Crippen molar-refractivity contribution in [3.05, 3.63) is 52.1 Å². The first kappa shape index (κ1) is 18.1. The average molecular weight is 392 g/mol. The maximum absolute atomic E-state index is 12.9. The third-order valence-corrected chi connectivity index (χ3v) is 4.60.